The van der Waals surface area contributed by atoms with Crippen LogP contribution in [-0.4, -0.2) is 44.8 Å². The second kappa shape index (κ2) is 13.1. The highest BCUT2D eigenvalue weighted by molar-refractivity contribution is 7.92. The number of sulfonamides is 1. The summed E-state index contributed by atoms with van der Waals surface area (Å²) in [5.41, 5.74) is -0.272. The molecule has 3 rings (SSSR count). The number of hydrogen-bond acceptors (Lipinski definition) is 4. The third kappa shape index (κ3) is 7.72. The third-order valence-corrected chi connectivity index (χ3v) is 8.71. The predicted octanol–water partition coefficient (Wildman–Crippen LogP) is 6.07. The zero-order chi connectivity index (χ0) is 30.5. The second-order valence-electron chi connectivity index (χ2n) is 9.17. The summed E-state index contributed by atoms with van der Waals surface area (Å²) in [6, 6.07) is 12.9. The quantitative estimate of drug-likeness (QED) is 0.295. The number of aryl methyl sites for hydroxylation is 1. The maximum Gasteiger partial charge on any atom is 0.416 e. The Balaban J connectivity index is 2.14. The number of anilines is 1. The van der Waals surface area contributed by atoms with E-state index in [0.717, 1.165) is 22.6 Å². The number of carbonyl (C=O) groups is 2. The Morgan fingerprint density at radius 2 is 1.66 bits per heavy atom. The maximum atomic E-state index is 13.9. The van der Waals surface area contributed by atoms with Crippen LogP contribution in [0.25, 0.3) is 0 Å². The van der Waals surface area contributed by atoms with Crippen LogP contribution in [0.15, 0.2) is 71.6 Å². The summed E-state index contributed by atoms with van der Waals surface area (Å²) in [7, 11) is -3.14. The molecule has 0 spiro atoms. The van der Waals surface area contributed by atoms with E-state index in [1.165, 1.54) is 43.4 Å². The van der Waals surface area contributed by atoms with Gasteiger partial charge in [-0.25, -0.2) is 8.42 Å². The van der Waals surface area contributed by atoms with Crippen LogP contribution in [0.5, 0.6) is 0 Å². The first-order valence-corrected chi connectivity index (χ1v) is 14.6. The molecule has 0 saturated heterocycles. The number of amides is 2. The molecule has 0 radical (unpaired) electrons. The van der Waals surface area contributed by atoms with Crippen LogP contribution in [-0.2, 0) is 32.3 Å². The predicted molar refractivity (Wildman–Crippen MR) is 152 cm³/mol. The van der Waals surface area contributed by atoms with Crippen LogP contribution in [0.2, 0.25) is 10.0 Å². The Kier molecular flexibility index (Phi) is 10.3. The van der Waals surface area contributed by atoms with Crippen molar-refractivity contribution in [3.8, 4) is 0 Å². The van der Waals surface area contributed by atoms with Gasteiger partial charge in [0.25, 0.3) is 10.0 Å². The van der Waals surface area contributed by atoms with Crippen molar-refractivity contribution in [2.24, 2.45) is 0 Å². The van der Waals surface area contributed by atoms with Gasteiger partial charge >= 0.3 is 6.18 Å². The number of halogens is 5. The van der Waals surface area contributed by atoms with E-state index in [2.05, 4.69) is 5.32 Å². The minimum Gasteiger partial charge on any atom is -0.357 e. The van der Waals surface area contributed by atoms with Crippen LogP contribution in [0.1, 0.15) is 30.0 Å². The molecule has 0 unspecified atom stereocenters. The van der Waals surface area contributed by atoms with Gasteiger partial charge in [-0.3, -0.25) is 13.9 Å². The largest absolute Gasteiger partial charge is 0.416 e. The fourth-order valence-electron chi connectivity index (χ4n) is 4.12. The average molecular weight is 631 g/mol. The lowest BCUT2D eigenvalue weighted by Crippen LogP contribution is -2.51. The van der Waals surface area contributed by atoms with Crippen molar-refractivity contribution in [3.63, 3.8) is 0 Å². The first-order chi connectivity index (χ1) is 19.2. The van der Waals surface area contributed by atoms with E-state index >= 15 is 0 Å². The molecule has 0 saturated carbocycles. The first-order valence-electron chi connectivity index (χ1n) is 12.4. The van der Waals surface area contributed by atoms with Gasteiger partial charge in [-0.15, -0.1) is 0 Å². The molecule has 1 N–H and O–H groups in total. The van der Waals surface area contributed by atoms with Crippen molar-refractivity contribution < 1.29 is 31.2 Å². The van der Waals surface area contributed by atoms with E-state index in [-0.39, 0.29) is 28.6 Å². The highest BCUT2D eigenvalue weighted by Gasteiger charge is 2.36. The van der Waals surface area contributed by atoms with Crippen molar-refractivity contribution in [2.75, 3.05) is 17.9 Å². The van der Waals surface area contributed by atoms with Gasteiger partial charge in [0.2, 0.25) is 11.8 Å². The maximum absolute atomic E-state index is 13.9. The number of rotatable bonds is 10. The third-order valence-electron chi connectivity index (χ3n) is 6.34. The summed E-state index contributed by atoms with van der Waals surface area (Å²) < 4.78 is 68.9. The summed E-state index contributed by atoms with van der Waals surface area (Å²) in [5.74, 6) is -1.35. The second-order valence-corrected chi connectivity index (χ2v) is 11.9. The molecule has 0 aliphatic rings. The number of carbonyl (C=O) groups excluding carboxylic acids is 2. The van der Waals surface area contributed by atoms with Gasteiger partial charge in [-0.05, 0) is 61.4 Å². The SMILES string of the molecule is CC[C@H](C(=O)NC)N(Cc1ccc(Cl)cc1Cl)C(=O)CN(c1cccc(C(F)(F)F)c1)S(=O)(=O)c1ccc(C)cc1. The Morgan fingerprint density at radius 3 is 2.22 bits per heavy atom. The highest BCUT2D eigenvalue weighted by atomic mass is 35.5. The first kappa shape index (κ1) is 32.2. The molecule has 0 heterocycles. The van der Waals surface area contributed by atoms with E-state index in [1.54, 1.807) is 26.0 Å². The normalized spacial score (nSPS) is 12.5. The van der Waals surface area contributed by atoms with Crippen LogP contribution in [0, 0.1) is 6.92 Å². The van der Waals surface area contributed by atoms with Gasteiger partial charge in [0, 0.05) is 23.6 Å². The Labute approximate surface area is 246 Å². The number of benzene rings is 3. The van der Waals surface area contributed by atoms with Gasteiger partial charge in [0.1, 0.15) is 12.6 Å². The molecule has 41 heavy (non-hydrogen) atoms. The molecular formula is C28H28Cl2F3N3O4S. The van der Waals surface area contributed by atoms with E-state index in [9.17, 15) is 31.2 Å². The Morgan fingerprint density at radius 1 is 1.00 bits per heavy atom. The van der Waals surface area contributed by atoms with E-state index in [1.807, 2.05) is 0 Å². The van der Waals surface area contributed by atoms with Crippen molar-refractivity contribution in [1.82, 2.24) is 10.2 Å². The molecule has 3 aromatic rings. The monoisotopic (exact) mass is 629 g/mol. The molecule has 13 heteroatoms. The number of nitrogens with one attached hydrogen (secondary N) is 1. The van der Waals surface area contributed by atoms with E-state index < -0.39 is 46.2 Å². The highest BCUT2D eigenvalue weighted by Crippen LogP contribution is 2.33. The van der Waals surface area contributed by atoms with E-state index in [4.69, 9.17) is 23.2 Å². The van der Waals surface area contributed by atoms with E-state index in [0.29, 0.717) is 21.0 Å². The zero-order valence-corrected chi connectivity index (χ0v) is 24.7. The summed E-state index contributed by atoms with van der Waals surface area (Å²) in [6.45, 7) is 2.32. The smallest absolute Gasteiger partial charge is 0.357 e. The molecular weight excluding hydrogens is 602 g/mol. The number of hydrogen-bond donors (Lipinski definition) is 1. The van der Waals surface area contributed by atoms with Crippen molar-refractivity contribution in [2.45, 2.75) is 43.9 Å². The molecule has 0 aliphatic carbocycles. The minimum atomic E-state index is -4.76. The van der Waals surface area contributed by atoms with Crippen LogP contribution < -0.4 is 9.62 Å². The Hall–Kier alpha value is -3.28. The zero-order valence-electron chi connectivity index (χ0n) is 22.4. The fourth-order valence-corrected chi connectivity index (χ4v) is 6.00. The van der Waals surface area contributed by atoms with Gasteiger partial charge in [-0.1, -0.05) is 60.0 Å². The molecule has 7 nitrogen and oxygen atoms in total. The molecule has 2 amide bonds. The molecule has 220 valence electrons. The van der Waals surface area contributed by atoms with Gasteiger partial charge in [-0.2, -0.15) is 13.2 Å². The lowest BCUT2D eigenvalue weighted by atomic mass is 10.1. The van der Waals surface area contributed by atoms with Gasteiger partial charge < -0.3 is 10.2 Å². The summed E-state index contributed by atoms with van der Waals surface area (Å²) in [5, 5.41) is 3.04. The summed E-state index contributed by atoms with van der Waals surface area (Å²) >= 11 is 12.3. The average Bonchev–Trinajstić information content (AvgIpc) is 2.92. The lowest BCUT2D eigenvalue weighted by Gasteiger charge is -2.33. The molecule has 0 aliphatic heterocycles. The van der Waals surface area contributed by atoms with Gasteiger partial charge in [0.05, 0.1) is 16.1 Å². The van der Waals surface area contributed by atoms with Crippen molar-refractivity contribution in [1.29, 1.82) is 0 Å². The number of alkyl halides is 3. The fraction of sp³-hybridized carbons (Fsp3) is 0.286. The van der Waals surface area contributed by atoms with Crippen molar-refractivity contribution in [3.05, 3.63) is 93.5 Å². The summed E-state index contributed by atoms with van der Waals surface area (Å²) in [4.78, 5) is 27.6. The van der Waals surface area contributed by atoms with Gasteiger partial charge in [0.15, 0.2) is 0 Å². The molecule has 1 atom stereocenters. The molecule has 0 fully saturated rings. The van der Waals surface area contributed by atoms with Crippen LogP contribution >= 0.6 is 23.2 Å². The van der Waals surface area contributed by atoms with Crippen LogP contribution in [0.4, 0.5) is 18.9 Å². The van der Waals surface area contributed by atoms with Crippen LogP contribution in [0.3, 0.4) is 0 Å². The number of nitrogens with zero attached hydrogens (tertiary/aromatic N) is 2. The number of likely N-dealkylation sites (N-methyl/N-ethyl adjacent to an activating group) is 1. The molecule has 0 aromatic heterocycles. The minimum absolute atomic E-state index is 0.158. The molecule has 0 bridgehead atoms. The lowest BCUT2D eigenvalue weighted by molar-refractivity contribution is -0.140. The Bertz CT molecular complexity index is 1520. The standard InChI is InChI=1S/C28H28Cl2F3N3O4S/c1-4-25(27(38)34-3)35(16-19-10-11-21(29)15-24(19)30)26(37)17-36(22-7-5-6-20(14-22)28(31,32)33)41(39,40)23-12-8-18(2)9-13-23/h5-15,25H,4,16-17H2,1-3H3,(H,34,38)/t25-/m1/s1. The van der Waals surface area contributed by atoms with Crippen molar-refractivity contribution >= 4 is 50.7 Å². The molecule has 3 aromatic carbocycles. The summed E-state index contributed by atoms with van der Waals surface area (Å²) in [6.07, 6.45) is -4.60. The topological polar surface area (TPSA) is 86.8 Å².